The van der Waals surface area contributed by atoms with Gasteiger partial charge >= 0.3 is 0 Å². The van der Waals surface area contributed by atoms with Crippen LogP contribution in [0.3, 0.4) is 0 Å². The van der Waals surface area contributed by atoms with Gasteiger partial charge in [0.1, 0.15) is 5.75 Å². The molecule has 0 aliphatic heterocycles. The molecular formula is C15H23ClO3S. The van der Waals surface area contributed by atoms with Gasteiger partial charge in [-0.25, -0.2) is 8.42 Å². The third-order valence-corrected chi connectivity index (χ3v) is 4.54. The molecule has 0 fully saturated rings. The number of hydrogen-bond donors (Lipinski definition) is 0. The summed E-state index contributed by atoms with van der Waals surface area (Å²) >= 11 is 0. The molecule has 1 aromatic rings. The molecule has 0 saturated carbocycles. The first-order valence-corrected chi connectivity index (χ1v) is 9.40. The minimum atomic E-state index is -3.33. The highest BCUT2D eigenvalue weighted by Crippen LogP contribution is 2.23. The highest BCUT2D eigenvalue weighted by molar-refractivity contribution is 8.13. The second-order valence-electron chi connectivity index (χ2n) is 5.21. The zero-order valence-electron chi connectivity index (χ0n) is 12.4. The monoisotopic (exact) mass is 318 g/mol. The summed E-state index contributed by atoms with van der Waals surface area (Å²) in [6, 6.07) is 4.21. The van der Waals surface area contributed by atoms with E-state index in [-0.39, 0.29) is 5.75 Å². The standard InChI is InChI=1S/C15H23ClO3S/c1-12-10-13(2)14(3)15(11-12)19-8-6-4-5-7-9-20(16,17)18/h10-11H,4-9H2,1-3H3. The second-order valence-corrected chi connectivity index (χ2v) is 8.11. The molecule has 114 valence electrons. The molecule has 0 atom stereocenters. The Morgan fingerprint density at radius 1 is 1.05 bits per heavy atom. The predicted molar refractivity (Wildman–Crippen MR) is 84.3 cm³/mol. The Hall–Kier alpha value is -0.740. The molecule has 20 heavy (non-hydrogen) atoms. The van der Waals surface area contributed by atoms with Crippen LogP contribution in [-0.4, -0.2) is 20.8 Å². The van der Waals surface area contributed by atoms with Gasteiger partial charge in [0, 0.05) is 10.7 Å². The van der Waals surface area contributed by atoms with Crippen molar-refractivity contribution in [1.82, 2.24) is 0 Å². The van der Waals surface area contributed by atoms with Gasteiger partial charge in [0.2, 0.25) is 9.05 Å². The molecule has 0 radical (unpaired) electrons. The van der Waals surface area contributed by atoms with Crippen LogP contribution >= 0.6 is 10.7 Å². The summed E-state index contributed by atoms with van der Waals surface area (Å²) < 4.78 is 27.3. The Morgan fingerprint density at radius 3 is 2.35 bits per heavy atom. The molecule has 0 heterocycles. The Balaban J connectivity index is 2.25. The van der Waals surface area contributed by atoms with E-state index < -0.39 is 9.05 Å². The molecule has 0 amide bonds. The zero-order valence-corrected chi connectivity index (χ0v) is 14.0. The van der Waals surface area contributed by atoms with Crippen molar-refractivity contribution in [3.05, 3.63) is 28.8 Å². The molecule has 0 aliphatic rings. The normalized spacial score (nSPS) is 11.6. The molecule has 0 spiro atoms. The lowest BCUT2D eigenvalue weighted by Crippen LogP contribution is -2.01. The van der Waals surface area contributed by atoms with Gasteiger partial charge in [-0.15, -0.1) is 0 Å². The van der Waals surface area contributed by atoms with E-state index >= 15 is 0 Å². The number of ether oxygens (including phenoxy) is 1. The highest BCUT2D eigenvalue weighted by Gasteiger charge is 2.05. The third kappa shape index (κ3) is 6.62. The second kappa shape index (κ2) is 7.89. The van der Waals surface area contributed by atoms with E-state index in [0.29, 0.717) is 13.0 Å². The Kier molecular flexibility index (Phi) is 6.83. The van der Waals surface area contributed by atoms with Crippen LogP contribution in [-0.2, 0) is 9.05 Å². The van der Waals surface area contributed by atoms with Crippen LogP contribution in [0.1, 0.15) is 42.4 Å². The molecule has 0 N–H and O–H groups in total. The summed E-state index contributed by atoms with van der Waals surface area (Å²) in [6.45, 7) is 6.88. The van der Waals surface area contributed by atoms with Crippen molar-refractivity contribution in [2.45, 2.75) is 46.5 Å². The third-order valence-electron chi connectivity index (χ3n) is 3.30. The molecule has 5 heteroatoms. The van der Waals surface area contributed by atoms with Crippen molar-refractivity contribution in [3.8, 4) is 5.75 Å². The van der Waals surface area contributed by atoms with E-state index in [9.17, 15) is 8.42 Å². The Labute approximate surface area is 126 Å². The molecule has 0 saturated heterocycles. The van der Waals surface area contributed by atoms with E-state index in [1.807, 2.05) is 0 Å². The van der Waals surface area contributed by atoms with Crippen LogP contribution in [0, 0.1) is 20.8 Å². The lowest BCUT2D eigenvalue weighted by molar-refractivity contribution is 0.303. The quantitative estimate of drug-likeness (QED) is 0.535. The number of unbranched alkanes of at least 4 members (excludes halogenated alkanes) is 3. The molecule has 0 bridgehead atoms. The minimum absolute atomic E-state index is 0.0611. The molecule has 3 nitrogen and oxygen atoms in total. The first-order chi connectivity index (χ1) is 9.29. The average Bonchev–Trinajstić information content (AvgIpc) is 2.32. The first-order valence-electron chi connectivity index (χ1n) is 6.92. The number of aryl methyl sites for hydroxylation is 2. The van der Waals surface area contributed by atoms with Gasteiger partial charge in [0.15, 0.2) is 0 Å². The Morgan fingerprint density at radius 2 is 1.70 bits per heavy atom. The van der Waals surface area contributed by atoms with Gasteiger partial charge in [0.05, 0.1) is 12.4 Å². The summed E-state index contributed by atoms with van der Waals surface area (Å²) in [5, 5.41) is 0. The van der Waals surface area contributed by atoms with Crippen LogP contribution in [0.15, 0.2) is 12.1 Å². The number of hydrogen-bond acceptors (Lipinski definition) is 3. The van der Waals surface area contributed by atoms with Crippen LogP contribution in [0.4, 0.5) is 0 Å². The van der Waals surface area contributed by atoms with Crippen molar-refractivity contribution >= 4 is 19.7 Å². The number of benzene rings is 1. The van der Waals surface area contributed by atoms with Crippen molar-refractivity contribution in [2.24, 2.45) is 0 Å². The molecular weight excluding hydrogens is 296 g/mol. The van der Waals surface area contributed by atoms with E-state index in [1.54, 1.807) is 0 Å². The molecule has 0 aliphatic carbocycles. The Bertz CT molecular complexity index is 538. The number of rotatable bonds is 8. The first kappa shape index (κ1) is 17.3. The fourth-order valence-electron chi connectivity index (χ4n) is 2.06. The van der Waals surface area contributed by atoms with Crippen molar-refractivity contribution in [3.63, 3.8) is 0 Å². The maximum Gasteiger partial charge on any atom is 0.232 e. The van der Waals surface area contributed by atoms with Gasteiger partial charge < -0.3 is 4.74 Å². The summed E-state index contributed by atoms with van der Waals surface area (Å²) in [6.07, 6.45) is 3.36. The predicted octanol–water partition coefficient (Wildman–Crippen LogP) is 4.12. The largest absolute Gasteiger partial charge is 0.493 e. The highest BCUT2D eigenvalue weighted by atomic mass is 35.7. The minimum Gasteiger partial charge on any atom is -0.493 e. The fraction of sp³-hybridized carbons (Fsp3) is 0.600. The summed E-state index contributed by atoms with van der Waals surface area (Å²) in [7, 11) is 1.81. The van der Waals surface area contributed by atoms with E-state index in [0.717, 1.165) is 25.0 Å². The maximum absolute atomic E-state index is 10.7. The van der Waals surface area contributed by atoms with Crippen LogP contribution < -0.4 is 4.74 Å². The fourth-order valence-corrected chi connectivity index (χ4v) is 2.94. The van der Waals surface area contributed by atoms with E-state index in [2.05, 4.69) is 32.9 Å². The lowest BCUT2D eigenvalue weighted by atomic mass is 10.1. The summed E-state index contributed by atoms with van der Waals surface area (Å²) in [5.74, 6) is 1.01. The number of halogens is 1. The summed E-state index contributed by atoms with van der Waals surface area (Å²) in [5.41, 5.74) is 3.63. The van der Waals surface area contributed by atoms with Gasteiger partial charge in [-0.3, -0.25) is 0 Å². The smallest absolute Gasteiger partial charge is 0.232 e. The van der Waals surface area contributed by atoms with Gasteiger partial charge in [-0.1, -0.05) is 18.9 Å². The molecule has 0 aromatic heterocycles. The average molecular weight is 319 g/mol. The van der Waals surface area contributed by atoms with Crippen molar-refractivity contribution < 1.29 is 13.2 Å². The van der Waals surface area contributed by atoms with Gasteiger partial charge in [-0.2, -0.15) is 0 Å². The summed E-state index contributed by atoms with van der Waals surface area (Å²) in [4.78, 5) is 0. The van der Waals surface area contributed by atoms with Gasteiger partial charge in [0.25, 0.3) is 0 Å². The lowest BCUT2D eigenvalue weighted by Gasteiger charge is -2.12. The van der Waals surface area contributed by atoms with E-state index in [1.165, 1.54) is 16.7 Å². The molecule has 1 aromatic carbocycles. The SMILES string of the molecule is Cc1cc(C)c(C)c(OCCCCCCS(=O)(=O)Cl)c1. The van der Waals surface area contributed by atoms with Gasteiger partial charge in [-0.05, 0) is 56.4 Å². The van der Waals surface area contributed by atoms with Crippen LogP contribution in [0.2, 0.25) is 0 Å². The van der Waals surface area contributed by atoms with Crippen molar-refractivity contribution in [2.75, 3.05) is 12.4 Å². The van der Waals surface area contributed by atoms with E-state index in [4.69, 9.17) is 15.4 Å². The van der Waals surface area contributed by atoms with Crippen LogP contribution in [0.25, 0.3) is 0 Å². The zero-order chi connectivity index (χ0) is 15.2. The van der Waals surface area contributed by atoms with Crippen molar-refractivity contribution in [1.29, 1.82) is 0 Å². The molecule has 1 rings (SSSR count). The molecule has 0 unspecified atom stereocenters. The maximum atomic E-state index is 10.7. The van der Waals surface area contributed by atoms with Crippen LogP contribution in [0.5, 0.6) is 5.75 Å². The topological polar surface area (TPSA) is 43.4 Å².